The predicted molar refractivity (Wildman–Crippen MR) is 85.5 cm³/mol. The smallest absolute Gasteiger partial charge is 0.325 e. The Balaban J connectivity index is 2.11. The lowest BCUT2D eigenvalue weighted by Gasteiger charge is -2.24. The highest BCUT2D eigenvalue weighted by Crippen LogP contribution is 2.26. The topological polar surface area (TPSA) is 75.7 Å². The number of carbonyl (C=O) groups excluding carboxylic acids is 3. The summed E-state index contributed by atoms with van der Waals surface area (Å²) in [5.74, 6) is -1.29. The second kappa shape index (κ2) is 7.66. The first kappa shape index (κ1) is 17.6. The highest BCUT2D eigenvalue weighted by Gasteiger charge is 2.35. The third-order valence-electron chi connectivity index (χ3n) is 3.61. The lowest BCUT2D eigenvalue weighted by atomic mass is 10.1. The van der Waals surface area contributed by atoms with Gasteiger partial charge in [0.05, 0.1) is 17.7 Å². The van der Waals surface area contributed by atoms with Crippen molar-refractivity contribution in [1.82, 2.24) is 10.2 Å². The minimum Gasteiger partial charge on any atom is -0.468 e. The Labute approximate surface area is 143 Å². The third-order valence-corrected chi connectivity index (χ3v) is 4.17. The van der Waals surface area contributed by atoms with Gasteiger partial charge in [-0.25, -0.2) is 0 Å². The molecule has 0 spiro atoms. The van der Waals surface area contributed by atoms with E-state index in [2.05, 4.69) is 10.1 Å². The van der Waals surface area contributed by atoms with E-state index in [-0.39, 0.29) is 28.9 Å². The van der Waals surface area contributed by atoms with E-state index in [0.29, 0.717) is 24.4 Å². The van der Waals surface area contributed by atoms with Gasteiger partial charge in [-0.3, -0.25) is 14.4 Å². The number of nitrogens with zero attached hydrogens (tertiary/aromatic N) is 1. The van der Waals surface area contributed by atoms with Crippen LogP contribution in [0.2, 0.25) is 10.0 Å². The first-order valence-corrected chi connectivity index (χ1v) is 7.80. The number of hydrogen-bond donors (Lipinski definition) is 1. The van der Waals surface area contributed by atoms with Crippen molar-refractivity contribution < 1.29 is 19.1 Å². The van der Waals surface area contributed by atoms with Crippen molar-refractivity contribution in [2.45, 2.75) is 18.9 Å². The Morgan fingerprint density at radius 2 is 2.09 bits per heavy atom. The molecule has 23 heavy (non-hydrogen) atoms. The summed E-state index contributed by atoms with van der Waals surface area (Å²) < 4.78 is 4.47. The number of esters is 1. The largest absolute Gasteiger partial charge is 0.468 e. The molecule has 0 aliphatic carbocycles. The summed E-state index contributed by atoms with van der Waals surface area (Å²) in [5, 5.41) is 3.14. The van der Waals surface area contributed by atoms with Crippen LogP contribution in [-0.2, 0) is 14.3 Å². The van der Waals surface area contributed by atoms with Gasteiger partial charge in [-0.05, 0) is 31.0 Å². The highest BCUT2D eigenvalue weighted by atomic mass is 35.5. The number of benzene rings is 1. The molecular formula is C15H16Cl2N2O4. The molecule has 1 aliphatic rings. The summed E-state index contributed by atoms with van der Waals surface area (Å²) in [5.41, 5.74) is 0.256. The Morgan fingerprint density at radius 1 is 1.35 bits per heavy atom. The first-order valence-electron chi connectivity index (χ1n) is 7.04. The molecule has 1 aliphatic heterocycles. The van der Waals surface area contributed by atoms with Gasteiger partial charge in [0.15, 0.2) is 0 Å². The van der Waals surface area contributed by atoms with E-state index in [0.717, 1.165) is 0 Å². The standard InChI is InChI=1S/C15H16Cl2N2O4/c1-23-13(20)8-18-14(21)12-3-2-6-19(12)15(22)10-7-9(16)4-5-11(10)17/h4-5,7,12H,2-3,6,8H2,1H3,(H,18,21). The number of methoxy groups -OCH3 is 1. The van der Waals surface area contributed by atoms with Crippen LogP contribution in [0.25, 0.3) is 0 Å². The zero-order valence-electron chi connectivity index (χ0n) is 12.5. The van der Waals surface area contributed by atoms with Gasteiger partial charge in [-0.2, -0.15) is 0 Å². The van der Waals surface area contributed by atoms with Crippen molar-refractivity contribution in [2.24, 2.45) is 0 Å². The van der Waals surface area contributed by atoms with Crippen LogP contribution in [0, 0.1) is 0 Å². The zero-order valence-corrected chi connectivity index (χ0v) is 14.0. The molecule has 1 aromatic rings. The first-order chi connectivity index (χ1) is 10.9. The summed E-state index contributed by atoms with van der Waals surface area (Å²) in [7, 11) is 1.24. The summed E-state index contributed by atoms with van der Waals surface area (Å²) >= 11 is 12.0. The zero-order chi connectivity index (χ0) is 17.0. The van der Waals surface area contributed by atoms with Gasteiger partial charge >= 0.3 is 5.97 Å². The Hall–Kier alpha value is -1.79. The maximum Gasteiger partial charge on any atom is 0.325 e. The molecule has 8 heteroatoms. The number of nitrogens with one attached hydrogen (secondary N) is 1. The highest BCUT2D eigenvalue weighted by molar-refractivity contribution is 6.35. The van der Waals surface area contributed by atoms with Crippen LogP contribution in [0.15, 0.2) is 18.2 Å². The second-order valence-electron chi connectivity index (χ2n) is 5.07. The molecule has 1 saturated heterocycles. The summed E-state index contributed by atoms with van der Waals surface area (Å²) in [6.45, 7) is 0.212. The van der Waals surface area contributed by atoms with E-state index in [1.54, 1.807) is 12.1 Å². The quantitative estimate of drug-likeness (QED) is 0.833. The maximum absolute atomic E-state index is 12.6. The summed E-state index contributed by atoms with van der Waals surface area (Å²) in [6.07, 6.45) is 1.22. The number of likely N-dealkylation sites (tertiary alicyclic amines) is 1. The van der Waals surface area contributed by atoms with Gasteiger partial charge < -0.3 is 15.0 Å². The van der Waals surface area contributed by atoms with Gasteiger partial charge in [-0.15, -0.1) is 0 Å². The predicted octanol–water partition coefficient (Wildman–Crippen LogP) is 1.89. The number of halogens is 2. The molecule has 2 rings (SSSR count). The average Bonchev–Trinajstić information content (AvgIpc) is 3.03. The molecule has 0 saturated carbocycles. The van der Waals surface area contributed by atoms with Crippen LogP contribution in [0.1, 0.15) is 23.2 Å². The minimum absolute atomic E-state index is 0.230. The van der Waals surface area contributed by atoms with E-state index >= 15 is 0 Å². The molecule has 1 N–H and O–H groups in total. The minimum atomic E-state index is -0.637. The number of carbonyl (C=O) groups is 3. The Morgan fingerprint density at radius 3 is 2.78 bits per heavy atom. The van der Waals surface area contributed by atoms with Gasteiger partial charge in [0, 0.05) is 11.6 Å². The van der Waals surface area contributed by atoms with Crippen LogP contribution in [0.3, 0.4) is 0 Å². The Kier molecular flexibility index (Phi) is 5.85. The van der Waals surface area contributed by atoms with Crippen molar-refractivity contribution in [2.75, 3.05) is 20.2 Å². The van der Waals surface area contributed by atoms with Crippen molar-refractivity contribution in [3.63, 3.8) is 0 Å². The van der Waals surface area contributed by atoms with Gasteiger partial charge in [0.1, 0.15) is 12.6 Å². The molecule has 1 atom stereocenters. The lowest BCUT2D eigenvalue weighted by Crippen LogP contribution is -2.47. The van der Waals surface area contributed by atoms with E-state index in [1.165, 1.54) is 18.1 Å². The molecule has 0 bridgehead atoms. The summed E-state index contributed by atoms with van der Waals surface area (Å²) in [6, 6.07) is 3.97. The molecule has 6 nitrogen and oxygen atoms in total. The van der Waals surface area contributed by atoms with E-state index in [9.17, 15) is 14.4 Å². The third kappa shape index (κ3) is 4.14. The Bertz CT molecular complexity index is 636. The number of rotatable bonds is 4. The van der Waals surface area contributed by atoms with Crippen molar-refractivity contribution in [3.05, 3.63) is 33.8 Å². The molecule has 1 aromatic carbocycles. The monoisotopic (exact) mass is 358 g/mol. The molecular weight excluding hydrogens is 343 g/mol. The maximum atomic E-state index is 12.6. The van der Waals surface area contributed by atoms with Crippen LogP contribution >= 0.6 is 23.2 Å². The fourth-order valence-electron chi connectivity index (χ4n) is 2.45. The molecule has 1 heterocycles. The second-order valence-corrected chi connectivity index (χ2v) is 5.92. The van der Waals surface area contributed by atoms with Crippen molar-refractivity contribution in [1.29, 1.82) is 0 Å². The van der Waals surface area contributed by atoms with Crippen LogP contribution in [0.4, 0.5) is 0 Å². The fourth-order valence-corrected chi connectivity index (χ4v) is 2.82. The number of amides is 2. The van der Waals surface area contributed by atoms with E-state index in [1.807, 2.05) is 0 Å². The van der Waals surface area contributed by atoms with Gasteiger partial charge in [0.2, 0.25) is 5.91 Å². The van der Waals surface area contributed by atoms with Gasteiger partial charge in [0.25, 0.3) is 5.91 Å². The van der Waals surface area contributed by atoms with Crippen molar-refractivity contribution in [3.8, 4) is 0 Å². The molecule has 0 radical (unpaired) electrons. The number of ether oxygens (including phenoxy) is 1. The molecule has 1 fully saturated rings. The normalized spacial score (nSPS) is 17.0. The van der Waals surface area contributed by atoms with Gasteiger partial charge in [-0.1, -0.05) is 23.2 Å². The lowest BCUT2D eigenvalue weighted by molar-refractivity contribution is -0.141. The van der Waals surface area contributed by atoms with Crippen LogP contribution in [0.5, 0.6) is 0 Å². The fraction of sp³-hybridized carbons (Fsp3) is 0.400. The molecule has 0 aromatic heterocycles. The molecule has 1 unspecified atom stereocenters. The van der Waals surface area contributed by atoms with E-state index in [4.69, 9.17) is 23.2 Å². The van der Waals surface area contributed by atoms with Crippen LogP contribution in [-0.4, -0.2) is 48.9 Å². The van der Waals surface area contributed by atoms with Crippen molar-refractivity contribution >= 4 is 41.0 Å². The SMILES string of the molecule is COC(=O)CNC(=O)C1CCCN1C(=O)c1cc(Cl)ccc1Cl. The summed E-state index contributed by atoms with van der Waals surface area (Å²) in [4.78, 5) is 37.4. The number of hydrogen-bond acceptors (Lipinski definition) is 4. The van der Waals surface area contributed by atoms with E-state index < -0.39 is 12.0 Å². The average molecular weight is 359 g/mol. The van der Waals surface area contributed by atoms with Crippen LogP contribution < -0.4 is 5.32 Å². The molecule has 2 amide bonds. The molecule has 124 valence electrons.